The molecule has 2 N–H and O–H groups in total. The maximum absolute atomic E-state index is 11.6. The van der Waals surface area contributed by atoms with E-state index in [1.54, 1.807) is 11.3 Å². The summed E-state index contributed by atoms with van der Waals surface area (Å²) in [5.41, 5.74) is 0.975. The second-order valence-corrected chi connectivity index (χ2v) is 5.63. The Bertz CT molecular complexity index is 608. The van der Waals surface area contributed by atoms with E-state index in [4.69, 9.17) is 0 Å². The number of fused-ring (bicyclic) bond motifs is 1. The number of hydrogen-bond acceptors (Lipinski definition) is 5. The minimum Gasteiger partial charge on any atom is -0.453 e. The van der Waals surface area contributed by atoms with Gasteiger partial charge in [-0.25, -0.2) is 9.78 Å². The van der Waals surface area contributed by atoms with E-state index in [9.17, 15) is 9.59 Å². The van der Waals surface area contributed by atoms with Crippen molar-refractivity contribution >= 4 is 33.6 Å². The van der Waals surface area contributed by atoms with Crippen molar-refractivity contribution in [2.45, 2.75) is 12.8 Å². The average molecular weight is 307 g/mol. The summed E-state index contributed by atoms with van der Waals surface area (Å²) in [6, 6.07) is 7.94. The molecule has 0 bridgehead atoms. The number of amides is 2. The van der Waals surface area contributed by atoms with Gasteiger partial charge in [0.1, 0.15) is 0 Å². The number of aromatic nitrogens is 1. The Morgan fingerprint density at radius 2 is 2.10 bits per heavy atom. The minimum atomic E-state index is -0.621. The third-order valence-electron chi connectivity index (χ3n) is 2.92. The van der Waals surface area contributed by atoms with Gasteiger partial charge in [0.25, 0.3) is 0 Å². The van der Waals surface area contributed by atoms with Gasteiger partial charge in [-0.2, -0.15) is 0 Å². The van der Waals surface area contributed by atoms with Gasteiger partial charge in [0.15, 0.2) is 0 Å². The monoisotopic (exact) mass is 307 g/mol. The number of rotatable bonds is 5. The van der Waals surface area contributed by atoms with Gasteiger partial charge >= 0.3 is 6.09 Å². The van der Waals surface area contributed by atoms with Gasteiger partial charge in [-0.3, -0.25) is 4.79 Å². The molecule has 1 aromatic heterocycles. The zero-order chi connectivity index (χ0) is 15.2. The number of benzene rings is 1. The number of ether oxygens (including phenoxy) is 1. The van der Waals surface area contributed by atoms with Gasteiger partial charge in [0.2, 0.25) is 5.91 Å². The van der Waals surface area contributed by atoms with Crippen molar-refractivity contribution in [3.05, 3.63) is 29.3 Å². The molecule has 2 rings (SSSR count). The Hall–Kier alpha value is -2.15. The first-order valence-corrected chi connectivity index (χ1v) is 7.35. The molecular formula is C14H17N3O3S. The number of para-hydroxylation sites is 1. The van der Waals surface area contributed by atoms with Crippen LogP contribution in [0, 0.1) is 0 Å². The molecule has 2 amide bonds. The summed E-state index contributed by atoms with van der Waals surface area (Å²) in [5.74, 6) is -0.141. The Kier molecular flexibility index (Phi) is 5.10. The van der Waals surface area contributed by atoms with Crippen molar-refractivity contribution in [1.82, 2.24) is 15.6 Å². The van der Waals surface area contributed by atoms with Crippen LogP contribution >= 0.6 is 11.3 Å². The molecule has 6 nitrogen and oxygen atoms in total. The zero-order valence-electron chi connectivity index (χ0n) is 11.9. The molecule has 0 aliphatic rings. The number of nitrogens with one attached hydrogen (secondary N) is 2. The lowest BCUT2D eigenvalue weighted by molar-refractivity contribution is -0.120. The minimum absolute atomic E-state index is 0.0980. The molecule has 112 valence electrons. The zero-order valence-corrected chi connectivity index (χ0v) is 12.7. The summed E-state index contributed by atoms with van der Waals surface area (Å²) in [7, 11) is 1.25. The second kappa shape index (κ2) is 7.03. The van der Waals surface area contributed by atoms with Crippen molar-refractivity contribution in [1.29, 1.82) is 0 Å². The number of thiazole rings is 1. The lowest BCUT2D eigenvalue weighted by Crippen LogP contribution is -2.38. The predicted octanol–water partition coefficient (Wildman–Crippen LogP) is 1.87. The first-order valence-electron chi connectivity index (χ1n) is 6.54. The van der Waals surface area contributed by atoms with E-state index in [0.29, 0.717) is 6.54 Å². The highest BCUT2D eigenvalue weighted by Crippen LogP contribution is 2.26. The smallest absolute Gasteiger partial charge is 0.407 e. The fraction of sp³-hybridized carbons (Fsp3) is 0.357. The molecule has 0 aliphatic heterocycles. The Morgan fingerprint density at radius 3 is 2.81 bits per heavy atom. The van der Waals surface area contributed by atoms with Gasteiger partial charge in [-0.1, -0.05) is 19.1 Å². The van der Waals surface area contributed by atoms with E-state index < -0.39 is 6.09 Å². The van der Waals surface area contributed by atoms with Crippen molar-refractivity contribution in [3.8, 4) is 0 Å². The van der Waals surface area contributed by atoms with Crippen molar-refractivity contribution in [3.63, 3.8) is 0 Å². The molecule has 21 heavy (non-hydrogen) atoms. The Morgan fingerprint density at radius 1 is 1.33 bits per heavy atom. The summed E-state index contributed by atoms with van der Waals surface area (Å²) in [6.07, 6.45) is -0.621. The molecule has 1 atom stereocenters. The molecule has 1 heterocycles. The number of nitrogens with zero attached hydrogens (tertiary/aromatic N) is 1. The summed E-state index contributed by atoms with van der Waals surface area (Å²) in [6.45, 7) is 2.38. The van der Waals surface area contributed by atoms with Crippen molar-refractivity contribution in [2.24, 2.45) is 0 Å². The van der Waals surface area contributed by atoms with E-state index in [1.807, 2.05) is 31.2 Å². The van der Waals surface area contributed by atoms with Gasteiger partial charge in [0, 0.05) is 12.5 Å². The van der Waals surface area contributed by atoms with Gasteiger partial charge in [-0.15, -0.1) is 11.3 Å². The summed E-state index contributed by atoms with van der Waals surface area (Å²) >= 11 is 1.63. The normalized spacial score (nSPS) is 11.9. The van der Waals surface area contributed by atoms with Crippen LogP contribution in [0.3, 0.4) is 0 Å². The molecule has 0 aliphatic carbocycles. The number of carbonyl (C=O) groups is 2. The summed E-state index contributed by atoms with van der Waals surface area (Å²) < 4.78 is 5.53. The van der Waals surface area contributed by atoms with Crippen LogP contribution in [-0.4, -0.2) is 37.2 Å². The van der Waals surface area contributed by atoms with E-state index >= 15 is 0 Å². The second-order valence-electron chi connectivity index (χ2n) is 4.57. The molecule has 0 saturated carbocycles. The fourth-order valence-corrected chi connectivity index (χ4v) is 2.76. The molecule has 2 aromatic rings. The molecule has 1 unspecified atom stereocenters. The molecule has 0 saturated heterocycles. The summed E-state index contributed by atoms with van der Waals surface area (Å²) in [4.78, 5) is 27.0. The first kappa shape index (κ1) is 15.2. The third-order valence-corrected chi connectivity index (χ3v) is 4.18. The highest BCUT2D eigenvalue weighted by molar-refractivity contribution is 7.18. The lowest BCUT2D eigenvalue weighted by Gasteiger charge is -2.10. The van der Waals surface area contributed by atoms with Gasteiger partial charge in [0.05, 0.1) is 28.9 Å². The van der Waals surface area contributed by atoms with Crippen LogP contribution in [0.5, 0.6) is 0 Å². The maximum atomic E-state index is 11.6. The highest BCUT2D eigenvalue weighted by atomic mass is 32.1. The molecule has 0 fully saturated rings. The maximum Gasteiger partial charge on any atom is 0.407 e. The van der Waals surface area contributed by atoms with E-state index in [2.05, 4.69) is 20.4 Å². The number of alkyl carbamates (subject to hydrolysis) is 1. The SMILES string of the molecule is COC(=O)NCC(=O)NCC(C)c1nc2ccccc2s1. The van der Waals surface area contributed by atoms with Crippen LogP contribution < -0.4 is 10.6 Å². The molecule has 7 heteroatoms. The van der Waals surface area contributed by atoms with E-state index in [-0.39, 0.29) is 18.4 Å². The van der Waals surface area contributed by atoms with Crippen molar-refractivity contribution in [2.75, 3.05) is 20.2 Å². The van der Waals surface area contributed by atoms with Crippen LogP contribution in [-0.2, 0) is 9.53 Å². The average Bonchev–Trinajstić information content (AvgIpc) is 2.94. The lowest BCUT2D eigenvalue weighted by atomic mass is 10.2. The topological polar surface area (TPSA) is 80.3 Å². The first-order chi connectivity index (χ1) is 10.1. The molecule has 0 spiro atoms. The molecule has 1 aromatic carbocycles. The number of methoxy groups -OCH3 is 1. The number of hydrogen-bond donors (Lipinski definition) is 2. The largest absolute Gasteiger partial charge is 0.453 e. The van der Waals surface area contributed by atoms with Crippen LogP contribution in [0.1, 0.15) is 17.8 Å². The predicted molar refractivity (Wildman–Crippen MR) is 81.5 cm³/mol. The standard InChI is InChI=1S/C14H17N3O3S/c1-9(7-15-12(18)8-16-14(19)20-2)13-17-10-5-3-4-6-11(10)21-13/h3-6,9H,7-8H2,1-2H3,(H,15,18)(H,16,19). The van der Waals surface area contributed by atoms with Crippen LogP contribution in [0.15, 0.2) is 24.3 Å². The van der Waals surface area contributed by atoms with E-state index in [1.165, 1.54) is 7.11 Å². The molecular weight excluding hydrogens is 290 g/mol. The van der Waals surface area contributed by atoms with E-state index in [0.717, 1.165) is 15.2 Å². The number of carbonyl (C=O) groups excluding carboxylic acids is 2. The summed E-state index contributed by atoms with van der Waals surface area (Å²) in [5, 5.41) is 6.08. The quantitative estimate of drug-likeness (QED) is 0.883. The van der Waals surface area contributed by atoms with Crippen molar-refractivity contribution < 1.29 is 14.3 Å². The Balaban J connectivity index is 1.85. The van der Waals surface area contributed by atoms with Crippen LogP contribution in [0.25, 0.3) is 10.2 Å². The van der Waals surface area contributed by atoms with Crippen LogP contribution in [0.4, 0.5) is 4.79 Å². The third kappa shape index (κ3) is 4.16. The highest BCUT2D eigenvalue weighted by Gasteiger charge is 2.13. The molecule has 0 radical (unpaired) electrons. The fourth-order valence-electron chi connectivity index (χ4n) is 1.74. The van der Waals surface area contributed by atoms with Gasteiger partial charge < -0.3 is 15.4 Å². The Labute approximate surface area is 126 Å². The van der Waals surface area contributed by atoms with Gasteiger partial charge in [-0.05, 0) is 12.1 Å². The van der Waals surface area contributed by atoms with Crippen LogP contribution in [0.2, 0.25) is 0 Å².